The average molecular weight is 288 g/mol. The van der Waals surface area contributed by atoms with Crippen LogP contribution in [0.5, 0.6) is 0 Å². The molecular weight excluding hydrogens is 277 g/mol. The molecule has 0 heterocycles. The van der Waals surface area contributed by atoms with Crippen molar-refractivity contribution in [3.63, 3.8) is 0 Å². The van der Waals surface area contributed by atoms with E-state index >= 15 is 0 Å². The molecule has 1 aromatic rings. The highest BCUT2D eigenvalue weighted by molar-refractivity contribution is 9.10. The second-order valence-corrected chi connectivity index (χ2v) is 4.76. The molecule has 3 nitrogen and oxygen atoms in total. The molecule has 0 aliphatic heterocycles. The maximum atomic E-state index is 13.0. The summed E-state index contributed by atoms with van der Waals surface area (Å²) in [4.78, 5) is 10.8. The van der Waals surface area contributed by atoms with Crippen molar-refractivity contribution in [2.75, 3.05) is 5.32 Å². The summed E-state index contributed by atoms with van der Waals surface area (Å²) in [5, 5.41) is 12.0. The van der Waals surface area contributed by atoms with Gasteiger partial charge in [0.05, 0.1) is 10.4 Å². The molecule has 1 aliphatic rings. The van der Waals surface area contributed by atoms with Crippen LogP contribution in [0.15, 0.2) is 22.7 Å². The van der Waals surface area contributed by atoms with E-state index < -0.39 is 5.97 Å². The Morgan fingerprint density at radius 2 is 2.25 bits per heavy atom. The van der Waals surface area contributed by atoms with Gasteiger partial charge in [0.15, 0.2) is 0 Å². The molecular formula is C11H11BrFNO2. The van der Waals surface area contributed by atoms with Gasteiger partial charge in [0.25, 0.3) is 0 Å². The summed E-state index contributed by atoms with van der Waals surface area (Å²) < 4.78 is 13.3. The summed E-state index contributed by atoms with van der Waals surface area (Å²) in [6.45, 7) is 0. The van der Waals surface area contributed by atoms with Crippen molar-refractivity contribution in [2.24, 2.45) is 5.92 Å². The molecule has 1 saturated carbocycles. The lowest BCUT2D eigenvalue weighted by molar-refractivity contribution is -0.144. The number of aliphatic carboxylic acids is 1. The van der Waals surface area contributed by atoms with E-state index in [-0.39, 0.29) is 17.8 Å². The summed E-state index contributed by atoms with van der Waals surface area (Å²) in [5.74, 6) is -1.43. The topological polar surface area (TPSA) is 49.3 Å². The number of hydrogen-bond acceptors (Lipinski definition) is 2. The highest BCUT2D eigenvalue weighted by Crippen LogP contribution is 2.31. The normalized spacial score (nSPS) is 23.6. The number of benzene rings is 1. The third-order valence-electron chi connectivity index (χ3n) is 2.86. The third kappa shape index (κ3) is 2.19. The quantitative estimate of drug-likeness (QED) is 0.899. The van der Waals surface area contributed by atoms with Gasteiger partial charge < -0.3 is 10.4 Å². The van der Waals surface area contributed by atoms with Crippen LogP contribution in [-0.2, 0) is 4.79 Å². The van der Waals surface area contributed by atoms with E-state index in [4.69, 9.17) is 5.11 Å². The summed E-state index contributed by atoms with van der Waals surface area (Å²) in [6.07, 6.45) is 1.54. The molecule has 2 rings (SSSR count). The number of nitrogens with one attached hydrogen (secondary N) is 1. The largest absolute Gasteiger partial charge is 0.481 e. The minimum atomic E-state index is -0.773. The molecule has 0 spiro atoms. The fourth-order valence-electron chi connectivity index (χ4n) is 1.77. The second-order valence-electron chi connectivity index (χ2n) is 3.90. The van der Waals surface area contributed by atoms with Crippen LogP contribution in [-0.4, -0.2) is 17.1 Å². The maximum Gasteiger partial charge on any atom is 0.308 e. The molecule has 2 atom stereocenters. The Labute approximate surface area is 101 Å². The molecule has 1 fully saturated rings. The zero-order chi connectivity index (χ0) is 11.7. The first kappa shape index (κ1) is 11.4. The average Bonchev–Trinajstić information content (AvgIpc) is 2.17. The SMILES string of the molecule is O=C(O)C1CCC1Nc1ccc(F)c(Br)c1. The number of anilines is 1. The molecule has 5 heteroatoms. The van der Waals surface area contributed by atoms with E-state index in [2.05, 4.69) is 21.2 Å². The first-order valence-corrected chi connectivity index (χ1v) is 5.81. The maximum absolute atomic E-state index is 13.0. The van der Waals surface area contributed by atoms with E-state index in [1.54, 1.807) is 12.1 Å². The second kappa shape index (κ2) is 4.41. The van der Waals surface area contributed by atoms with Crippen molar-refractivity contribution >= 4 is 27.6 Å². The molecule has 1 aliphatic carbocycles. The van der Waals surface area contributed by atoms with Crippen LogP contribution in [0.2, 0.25) is 0 Å². The van der Waals surface area contributed by atoms with Crippen LogP contribution >= 0.6 is 15.9 Å². The van der Waals surface area contributed by atoms with Crippen molar-refractivity contribution in [3.8, 4) is 0 Å². The van der Waals surface area contributed by atoms with Gasteiger partial charge in [0.2, 0.25) is 0 Å². The lowest BCUT2D eigenvalue weighted by Crippen LogP contribution is -2.42. The molecule has 2 N–H and O–H groups in total. The van der Waals surface area contributed by atoms with Crippen LogP contribution in [0.4, 0.5) is 10.1 Å². The zero-order valence-electron chi connectivity index (χ0n) is 8.41. The smallest absolute Gasteiger partial charge is 0.308 e. The van der Waals surface area contributed by atoms with Crippen molar-refractivity contribution in [3.05, 3.63) is 28.5 Å². The number of halogens is 2. The van der Waals surface area contributed by atoms with E-state index in [9.17, 15) is 9.18 Å². The Morgan fingerprint density at radius 1 is 1.50 bits per heavy atom. The molecule has 0 bridgehead atoms. The Kier molecular flexibility index (Phi) is 3.14. The van der Waals surface area contributed by atoms with E-state index in [0.29, 0.717) is 10.9 Å². The molecule has 0 radical (unpaired) electrons. The first-order chi connectivity index (χ1) is 7.58. The predicted octanol–water partition coefficient (Wildman–Crippen LogP) is 2.86. The van der Waals surface area contributed by atoms with Gasteiger partial charge in [-0.3, -0.25) is 4.79 Å². The minimum Gasteiger partial charge on any atom is -0.481 e. The molecule has 0 saturated heterocycles. The minimum absolute atomic E-state index is 0.0464. The molecule has 86 valence electrons. The number of rotatable bonds is 3. The van der Waals surface area contributed by atoms with Gasteiger partial charge >= 0.3 is 5.97 Å². The number of hydrogen-bond donors (Lipinski definition) is 2. The standard InChI is InChI=1S/C11H11BrFNO2/c12-8-5-6(1-3-9(8)13)14-10-4-2-7(10)11(15)16/h1,3,5,7,10,14H,2,4H2,(H,15,16). The highest BCUT2D eigenvalue weighted by Gasteiger charge is 2.36. The number of carboxylic acid groups (broad SMARTS) is 1. The van der Waals surface area contributed by atoms with Crippen molar-refractivity contribution in [2.45, 2.75) is 18.9 Å². The Hall–Kier alpha value is -1.10. The highest BCUT2D eigenvalue weighted by atomic mass is 79.9. The molecule has 2 unspecified atom stereocenters. The number of carbonyl (C=O) groups is 1. The van der Waals surface area contributed by atoms with Crippen molar-refractivity contribution < 1.29 is 14.3 Å². The van der Waals surface area contributed by atoms with E-state index in [0.717, 1.165) is 12.1 Å². The monoisotopic (exact) mass is 287 g/mol. The van der Waals surface area contributed by atoms with Gasteiger partial charge in [-0.25, -0.2) is 4.39 Å². The fourth-order valence-corrected chi connectivity index (χ4v) is 2.15. The lowest BCUT2D eigenvalue weighted by atomic mass is 9.79. The fraction of sp³-hybridized carbons (Fsp3) is 0.364. The summed E-state index contributed by atoms with van der Waals surface area (Å²) >= 11 is 3.09. The number of carboxylic acids is 1. The van der Waals surface area contributed by atoms with Crippen LogP contribution in [0.3, 0.4) is 0 Å². The third-order valence-corrected chi connectivity index (χ3v) is 3.47. The van der Waals surface area contributed by atoms with Gasteiger partial charge in [0, 0.05) is 11.7 Å². The Morgan fingerprint density at radius 3 is 2.75 bits per heavy atom. The summed E-state index contributed by atoms with van der Waals surface area (Å²) in [5.41, 5.74) is 0.740. The van der Waals surface area contributed by atoms with Gasteiger partial charge in [0.1, 0.15) is 5.82 Å². The lowest BCUT2D eigenvalue weighted by Gasteiger charge is -2.34. The van der Waals surface area contributed by atoms with Crippen LogP contribution in [0, 0.1) is 11.7 Å². The Bertz CT molecular complexity index is 424. The molecule has 1 aromatic carbocycles. The summed E-state index contributed by atoms with van der Waals surface area (Å²) in [6, 6.07) is 4.53. The van der Waals surface area contributed by atoms with Crippen LogP contribution < -0.4 is 5.32 Å². The Balaban J connectivity index is 2.04. The van der Waals surface area contributed by atoms with Crippen molar-refractivity contribution in [1.29, 1.82) is 0 Å². The van der Waals surface area contributed by atoms with Crippen LogP contribution in [0.25, 0.3) is 0 Å². The van der Waals surface area contributed by atoms with Crippen LogP contribution in [0.1, 0.15) is 12.8 Å². The predicted molar refractivity (Wildman–Crippen MR) is 61.9 cm³/mol. The molecule has 0 aromatic heterocycles. The zero-order valence-corrected chi connectivity index (χ0v) is 10.00. The summed E-state index contributed by atoms with van der Waals surface area (Å²) in [7, 11) is 0. The molecule has 0 amide bonds. The van der Waals surface area contributed by atoms with E-state index in [1.165, 1.54) is 6.07 Å². The van der Waals surface area contributed by atoms with E-state index in [1.807, 2.05) is 0 Å². The van der Waals surface area contributed by atoms with Gasteiger partial charge in [-0.1, -0.05) is 0 Å². The first-order valence-electron chi connectivity index (χ1n) is 5.02. The van der Waals surface area contributed by atoms with Gasteiger partial charge in [-0.15, -0.1) is 0 Å². The molecule has 16 heavy (non-hydrogen) atoms. The van der Waals surface area contributed by atoms with Gasteiger partial charge in [-0.2, -0.15) is 0 Å². The van der Waals surface area contributed by atoms with Gasteiger partial charge in [-0.05, 0) is 47.0 Å². The van der Waals surface area contributed by atoms with Crippen molar-refractivity contribution in [1.82, 2.24) is 0 Å².